The lowest BCUT2D eigenvalue weighted by molar-refractivity contribution is 0.531. The van der Waals surface area contributed by atoms with E-state index in [0.29, 0.717) is 0 Å². The molecule has 0 aliphatic rings. The molecule has 0 amide bonds. The molecule has 3 nitrogen and oxygen atoms in total. The molecule has 0 aromatic carbocycles. The minimum atomic E-state index is 1.02. The Labute approximate surface area is 92.9 Å². The van der Waals surface area contributed by atoms with E-state index in [9.17, 15) is 0 Å². The number of rotatable bonds is 8. The quantitative estimate of drug-likeness (QED) is 0.666. The molecule has 0 aliphatic heterocycles. The largest absolute Gasteiger partial charge is 0.317 e. The van der Waals surface area contributed by atoms with Gasteiger partial charge in [-0.2, -0.15) is 5.10 Å². The SMILES string of the molecule is CCCCCNCCCn1ccc(C)n1. The molecule has 1 rings (SSSR count). The number of aryl methyl sites for hydroxylation is 2. The van der Waals surface area contributed by atoms with Crippen LogP contribution in [-0.4, -0.2) is 22.9 Å². The summed E-state index contributed by atoms with van der Waals surface area (Å²) in [6.45, 7) is 7.54. The lowest BCUT2D eigenvalue weighted by atomic mass is 10.2. The van der Waals surface area contributed by atoms with Gasteiger partial charge in [-0.15, -0.1) is 0 Å². The molecule has 0 radical (unpaired) electrons. The van der Waals surface area contributed by atoms with Crippen LogP contribution in [0.5, 0.6) is 0 Å². The normalized spacial score (nSPS) is 10.8. The van der Waals surface area contributed by atoms with E-state index in [1.165, 1.54) is 19.3 Å². The van der Waals surface area contributed by atoms with Crippen LogP contribution < -0.4 is 5.32 Å². The summed E-state index contributed by atoms with van der Waals surface area (Å²) in [6, 6.07) is 2.05. The van der Waals surface area contributed by atoms with E-state index in [0.717, 1.165) is 31.7 Å². The van der Waals surface area contributed by atoms with Gasteiger partial charge in [0.2, 0.25) is 0 Å². The van der Waals surface area contributed by atoms with Crippen molar-refractivity contribution in [2.75, 3.05) is 13.1 Å². The fourth-order valence-corrected chi connectivity index (χ4v) is 1.58. The Balaban J connectivity index is 1.93. The summed E-state index contributed by atoms with van der Waals surface area (Å²) in [5, 5.41) is 7.80. The molecule has 1 aromatic heterocycles. The van der Waals surface area contributed by atoms with Crippen molar-refractivity contribution in [2.45, 2.75) is 46.1 Å². The average molecular weight is 209 g/mol. The second kappa shape index (κ2) is 7.46. The third-order valence-electron chi connectivity index (χ3n) is 2.47. The van der Waals surface area contributed by atoms with Crippen LogP contribution in [0.25, 0.3) is 0 Å². The zero-order chi connectivity index (χ0) is 10.9. The molecule has 15 heavy (non-hydrogen) atoms. The van der Waals surface area contributed by atoms with E-state index in [-0.39, 0.29) is 0 Å². The molecular weight excluding hydrogens is 186 g/mol. The molecule has 1 heterocycles. The maximum atomic E-state index is 4.35. The lowest BCUT2D eigenvalue weighted by Gasteiger charge is -2.04. The van der Waals surface area contributed by atoms with Gasteiger partial charge in [-0.1, -0.05) is 19.8 Å². The Bertz CT molecular complexity index is 255. The Morgan fingerprint density at radius 3 is 2.73 bits per heavy atom. The summed E-state index contributed by atoms with van der Waals surface area (Å²) in [4.78, 5) is 0. The summed E-state index contributed by atoms with van der Waals surface area (Å²) in [7, 11) is 0. The molecule has 0 aliphatic carbocycles. The second-order valence-corrected chi connectivity index (χ2v) is 4.03. The van der Waals surface area contributed by atoms with E-state index < -0.39 is 0 Å². The molecule has 0 fully saturated rings. The van der Waals surface area contributed by atoms with Crippen LogP contribution in [-0.2, 0) is 6.54 Å². The lowest BCUT2D eigenvalue weighted by Crippen LogP contribution is -2.18. The molecule has 0 spiro atoms. The predicted molar refractivity (Wildman–Crippen MR) is 64.0 cm³/mol. The number of unbranched alkanes of at least 4 members (excludes halogenated alkanes) is 2. The Hall–Kier alpha value is -0.830. The van der Waals surface area contributed by atoms with E-state index in [1.807, 2.05) is 17.8 Å². The highest BCUT2D eigenvalue weighted by atomic mass is 15.3. The number of hydrogen-bond acceptors (Lipinski definition) is 2. The highest BCUT2D eigenvalue weighted by Gasteiger charge is 1.93. The van der Waals surface area contributed by atoms with Gasteiger partial charge in [0.05, 0.1) is 5.69 Å². The van der Waals surface area contributed by atoms with E-state index in [4.69, 9.17) is 0 Å². The van der Waals surface area contributed by atoms with E-state index in [1.54, 1.807) is 0 Å². The standard InChI is InChI=1S/C12H23N3/c1-3-4-5-8-13-9-6-10-15-11-7-12(2)14-15/h7,11,13H,3-6,8-10H2,1-2H3. The number of aromatic nitrogens is 2. The van der Waals surface area contributed by atoms with Gasteiger partial charge in [0, 0.05) is 12.7 Å². The van der Waals surface area contributed by atoms with Crippen molar-refractivity contribution in [1.82, 2.24) is 15.1 Å². The van der Waals surface area contributed by atoms with Gasteiger partial charge in [-0.3, -0.25) is 4.68 Å². The van der Waals surface area contributed by atoms with Gasteiger partial charge in [0.25, 0.3) is 0 Å². The molecule has 1 N–H and O–H groups in total. The van der Waals surface area contributed by atoms with Gasteiger partial charge in [-0.25, -0.2) is 0 Å². The first-order chi connectivity index (χ1) is 7.33. The summed E-state index contributed by atoms with van der Waals surface area (Å²) in [5.41, 5.74) is 1.10. The summed E-state index contributed by atoms with van der Waals surface area (Å²) in [6.07, 6.45) is 7.15. The van der Waals surface area contributed by atoms with Crippen LogP contribution in [0.1, 0.15) is 38.3 Å². The van der Waals surface area contributed by atoms with Gasteiger partial charge in [-0.05, 0) is 38.9 Å². The third-order valence-corrected chi connectivity index (χ3v) is 2.47. The Morgan fingerprint density at radius 2 is 2.07 bits per heavy atom. The van der Waals surface area contributed by atoms with Crippen molar-refractivity contribution in [3.63, 3.8) is 0 Å². The van der Waals surface area contributed by atoms with Gasteiger partial charge < -0.3 is 5.32 Å². The van der Waals surface area contributed by atoms with Gasteiger partial charge in [0.1, 0.15) is 0 Å². The zero-order valence-electron chi connectivity index (χ0n) is 10.00. The monoisotopic (exact) mass is 209 g/mol. The summed E-state index contributed by atoms with van der Waals surface area (Å²) in [5.74, 6) is 0. The average Bonchev–Trinajstić information content (AvgIpc) is 2.63. The van der Waals surface area contributed by atoms with Crippen LogP contribution in [0.3, 0.4) is 0 Å². The smallest absolute Gasteiger partial charge is 0.0593 e. The Kier molecular flexibility index (Phi) is 6.09. The van der Waals surface area contributed by atoms with Crippen LogP contribution >= 0.6 is 0 Å². The fourth-order valence-electron chi connectivity index (χ4n) is 1.58. The predicted octanol–water partition coefficient (Wildman–Crippen LogP) is 2.36. The number of nitrogens with one attached hydrogen (secondary N) is 1. The second-order valence-electron chi connectivity index (χ2n) is 4.03. The third kappa shape index (κ3) is 5.57. The highest BCUT2D eigenvalue weighted by molar-refractivity contribution is 4.94. The maximum Gasteiger partial charge on any atom is 0.0593 e. The Morgan fingerprint density at radius 1 is 1.27 bits per heavy atom. The summed E-state index contributed by atoms with van der Waals surface area (Å²) < 4.78 is 2.02. The van der Waals surface area contributed by atoms with Crippen molar-refractivity contribution in [3.05, 3.63) is 18.0 Å². The topological polar surface area (TPSA) is 29.9 Å². The molecule has 0 bridgehead atoms. The molecule has 0 saturated heterocycles. The van der Waals surface area contributed by atoms with Crippen molar-refractivity contribution in [1.29, 1.82) is 0 Å². The summed E-state index contributed by atoms with van der Waals surface area (Å²) >= 11 is 0. The van der Waals surface area contributed by atoms with Crippen molar-refractivity contribution < 1.29 is 0 Å². The first kappa shape index (κ1) is 12.2. The zero-order valence-corrected chi connectivity index (χ0v) is 10.00. The molecular formula is C12H23N3. The molecule has 0 unspecified atom stereocenters. The minimum absolute atomic E-state index is 1.02. The fraction of sp³-hybridized carbons (Fsp3) is 0.750. The van der Waals surface area contributed by atoms with Crippen molar-refractivity contribution in [3.8, 4) is 0 Å². The van der Waals surface area contributed by atoms with Crippen molar-refractivity contribution in [2.24, 2.45) is 0 Å². The molecule has 0 atom stereocenters. The minimum Gasteiger partial charge on any atom is -0.317 e. The first-order valence-electron chi connectivity index (χ1n) is 6.03. The van der Waals surface area contributed by atoms with Crippen LogP contribution in [0.15, 0.2) is 12.3 Å². The molecule has 3 heteroatoms. The van der Waals surface area contributed by atoms with Crippen LogP contribution in [0, 0.1) is 6.92 Å². The molecule has 0 saturated carbocycles. The van der Waals surface area contributed by atoms with Crippen molar-refractivity contribution >= 4 is 0 Å². The molecule has 1 aromatic rings. The van der Waals surface area contributed by atoms with Crippen LogP contribution in [0.4, 0.5) is 0 Å². The van der Waals surface area contributed by atoms with E-state index in [2.05, 4.69) is 23.4 Å². The highest BCUT2D eigenvalue weighted by Crippen LogP contribution is 1.94. The van der Waals surface area contributed by atoms with E-state index >= 15 is 0 Å². The van der Waals surface area contributed by atoms with Gasteiger partial charge in [0.15, 0.2) is 0 Å². The first-order valence-corrected chi connectivity index (χ1v) is 6.03. The molecule has 86 valence electrons. The van der Waals surface area contributed by atoms with Gasteiger partial charge >= 0.3 is 0 Å². The maximum absolute atomic E-state index is 4.35. The number of nitrogens with zero attached hydrogens (tertiary/aromatic N) is 2. The number of hydrogen-bond donors (Lipinski definition) is 1. The van der Waals surface area contributed by atoms with Crippen LogP contribution in [0.2, 0.25) is 0 Å².